The van der Waals surface area contributed by atoms with Gasteiger partial charge in [-0.3, -0.25) is 0 Å². The van der Waals surface area contributed by atoms with Gasteiger partial charge in [0.15, 0.2) is 0 Å². The molecule has 1 aromatic rings. The number of benzene rings is 1. The topological polar surface area (TPSA) is 69.6 Å². The number of hydrogen-bond acceptors (Lipinski definition) is 2. The van der Waals surface area contributed by atoms with Crippen molar-refractivity contribution >= 4 is 45.2 Å². The summed E-state index contributed by atoms with van der Waals surface area (Å²) in [6.45, 7) is 2.02. The molecule has 1 unspecified atom stereocenters. The highest BCUT2D eigenvalue weighted by Gasteiger charge is 2.43. The van der Waals surface area contributed by atoms with E-state index in [1.54, 1.807) is 25.1 Å². The van der Waals surface area contributed by atoms with Gasteiger partial charge in [0.1, 0.15) is 5.54 Å². The molecule has 0 saturated carbocycles. The zero-order chi connectivity index (χ0) is 15.6. The minimum absolute atomic E-state index is 0.419. The second-order valence-corrected chi connectivity index (χ2v) is 6.51. The maximum absolute atomic E-state index is 12.4. The Balaban J connectivity index is 2.18. The highest BCUT2D eigenvalue weighted by Crippen LogP contribution is 2.30. The molecule has 1 aromatic carbocycles. The van der Waals surface area contributed by atoms with E-state index in [1.807, 2.05) is 0 Å². The third kappa shape index (κ3) is 3.32. The standard InChI is InChI=1S/C14H16BrClN2O3/c1-14(12(19)20)6-2-3-7-18(14)13(21)17-9-4-5-10(15)11(16)8-9/h4-5,8H,2-3,6-7H2,1H3,(H,17,21)(H,19,20). The van der Waals surface area contributed by atoms with E-state index < -0.39 is 17.5 Å². The second-order valence-electron chi connectivity index (χ2n) is 5.25. The number of anilines is 1. The van der Waals surface area contributed by atoms with Gasteiger partial charge in [0.25, 0.3) is 0 Å². The third-order valence-corrected chi connectivity index (χ3v) is 5.00. The van der Waals surface area contributed by atoms with Gasteiger partial charge in [-0.15, -0.1) is 0 Å². The van der Waals surface area contributed by atoms with E-state index in [4.69, 9.17) is 11.6 Å². The van der Waals surface area contributed by atoms with E-state index in [1.165, 1.54) is 4.90 Å². The number of carbonyl (C=O) groups excluding carboxylic acids is 1. The number of halogens is 2. The first-order chi connectivity index (χ1) is 9.84. The summed E-state index contributed by atoms with van der Waals surface area (Å²) in [5.74, 6) is -0.980. The van der Waals surface area contributed by atoms with Gasteiger partial charge in [-0.2, -0.15) is 0 Å². The third-order valence-electron chi connectivity index (χ3n) is 3.77. The molecule has 7 heteroatoms. The molecule has 0 aromatic heterocycles. The molecule has 2 N–H and O–H groups in total. The number of carboxylic acids is 1. The van der Waals surface area contributed by atoms with Gasteiger partial charge >= 0.3 is 12.0 Å². The normalized spacial score (nSPS) is 22.0. The highest BCUT2D eigenvalue weighted by molar-refractivity contribution is 9.10. The van der Waals surface area contributed by atoms with Crippen LogP contribution >= 0.6 is 27.5 Å². The summed E-state index contributed by atoms with van der Waals surface area (Å²) in [5.41, 5.74) is -0.631. The molecule has 1 saturated heterocycles. The Hall–Kier alpha value is -1.27. The fourth-order valence-corrected chi connectivity index (χ4v) is 2.86. The van der Waals surface area contributed by atoms with E-state index in [-0.39, 0.29) is 0 Å². The summed E-state index contributed by atoms with van der Waals surface area (Å²) in [7, 11) is 0. The number of amides is 2. The van der Waals surface area contributed by atoms with E-state index >= 15 is 0 Å². The molecule has 0 bridgehead atoms. The lowest BCUT2D eigenvalue weighted by Gasteiger charge is -2.41. The Bertz CT molecular complexity index is 581. The van der Waals surface area contributed by atoms with Crippen LogP contribution in [0, 0.1) is 0 Å². The molecular formula is C14H16BrClN2O3. The summed E-state index contributed by atoms with van der Waals surface area (Å²) in [6.07, 6.45) is 2.06. The van der Waals surface area contributed by atoms with Gasteiger partial charge < -0.3 is 15.3 Å². The largest absolute Gasteiger partial charge is 0.480 e. The van der Waals surface area contributed by atoms with E-state index in [0.29, 0.717) is 23.7 Å². The Morgan fingerprint density at radius 2 is 2.14 bits per heavy atom. The van der Waals surface area contributed by atoms with Gasteiger partial charge in [0.2, 0.25) is 0 Å². The van der Waals surface area contributed by atoms with E-state index in [2.05, 4.69) is 21.2 Å². The van der Waals surface area contributed by atoms with Crippen LogP contribution in [-0.2, 0) is 4.79 Å². The molecule has 1 atom stereocenters. The van der Waals surface area contributed by atoms with Gasteiger partial charge in [-0.05, 0) is 60.3 Å². The number of carbonyl (C=O) groups is 2. The minimum Gasteiger partial charge on any atom is -0.480 e. The van der Waals surface area contributed by atoms with Crippen LogP contribution < -0.4 is 5.32 Å². The van der Waals surface area contributed by atoms with Crippen molar-refractivity contribution in [2.75, 3.05) is 11.9 Å². The second kappa shape index (κ2) is 6.23. The molecule has 0 radical (unpaired) electrons. The van der Waals surface area contributed by atoms with E-state index in [9.17, 15) is 14.7 Å². The summed E-state index contributed by atoms with van der Waals surface area (Å²) in [5, 5.41) is 12.6. The van der Waals surface area contributed by atoms with Crippen LogP contribution in [0.1, 0.15) is 26.2 Å². The van der Waals surface area contributed by atoms with Crippen molar-refractivity contribution in [3.05, 3.63) is 27.7 Å². The van der Waals surface area contributed by atoms with Gasteiger partial charge in [0.05, 0.1) is 5.02 Å². The fraction of sp³-hybridized carbons (Fsp3) is 0.429. The van der Waals surface area contributed by atoms with Crippen LogP contribution in [0.2, 0.25) is 5.02 Å². The average molecular weight is 376 g/mol. The van der Waals surface area contributed by atoms with Crippen LogP contribution in [0.3, 0.4) is 0 Å². The Morgan fingerprint density at radius 3 is 2.76 bits per heavy atom. The van der Waals surface area contributed by atoms with Crippen molar-refractivity contribution in [1.82, 2.24) is 4.90 Å². The maximum Gasteiger partial charge on any atom is 0.329 e. The lowest BCUT2D eigenvalue weighted by molar-refractivity contribution is -0.150. The maximum atomic E-state index is 12.4. The summed E-state index contributed by atoms with van der Waals surface area (Å²) in [4.78, 5) is 25.3. The van der Waals surface area contributed by atoms with Crippen molar-refractivity contribution in [3.8, 4) is 0 Å². The number of nitrogens with one attached hydrogen (secondary N) is 1. The summed E-state index contributed by atoms with van der Waals surface area (Å²) >= 11 is 9.26. The molecule has 114 valence electrons. The fourth-order valence-electron chi connectivity index (χ4n) is 2.43. The molecule has 0 spiro atoms. The van der Waals surface area contributed by atoms with Crippen LogP contribution in [-0.4, -0.2) is 34.1 Å². The zero-order valence-electron chi connectivity index (χ0n) is 11.5. The molecule has 1 fully saturated rings. The number of piperidine rings is 1. The first kappa shape index (κ1) is 16.1. The minimum atomic E-state index is -1.17. The van der Waals surface area contributed by atoms with Crippen LogP contribution in [0.5, 0.6) is 0 Å². The Morgan fingerprint density at radius 1 is 1.43 bits per heavy atom. The van der Waals surface area contributed by atoms with Crippen LogP contribution in [0.25, 0.3) is 0 Å². The molecule has 21 heavy (non-hydrogen) atoms. The number of carboxylic acid groups (broad SMARTS) is 1. The number of aliphatic carboxylic acids is 1. The zero-order valence-corrected chi connectivity index (χ0v) is 13.9. The van der Waals surface area contributed by atoms with Gasteiger partial charge in [0, 0.05) is 16.7 Å². The number of rotatable bonds is 2. The molecule has 1 aliphatic rings. The van der Waals surface area contributed by atoms with Crippen molar-refractivity contribution < 1.29 is 14.7 Å². The molecule has 0 aliphatic carbocycles. The SMILES string of the molecule is CC1(C(=O)O)CCCCN1C(=O)Nc1ccc(Br)c(Cl)c1. The van der Waals surface area contributed by atoms with Crippen LogP contribution in [0.4, 0.5) is 10.5 Å². The van der Waals surface area contributed by atoms with Gasteiger partial charge in [-0.1, -0.05) is 11.6 Å². The van der Waals surface area contributed by atoms with Crippen molar-refractivity contribution in [1.29, 1.82) is 0 Å². The molecule has 5 nitrogen and oxygen atoms in total. The lowest BCUT2D eigenvalue weighted by Crippen LogP contribution is -2.58. The number of likely N-dealkylation sites (tertiary alicyclic amines) is 1. The van der Waals surface area contributed by atoms with Crippen LogP contribution in [0.15, 0.2) is 22.7 Å². The molecule has 1 heterocycles. The van der Waals surface area contributed by atoms with Crippen molar-refractivity contribution in [3.63, 3.8) is 0 Å². The Kier molecular flexibility index (Phi) is 4.78. The van der Waals surface area contributed by atoms with Gasteiger partial charge in [-0.25, -0.2) is 9.59 Å². The molecule has 2 rings (SSSR count). The Labute approximate surface area is 136 Å². The molecule has 1 aliphatic heterocycles. The highest BCUT2D eigenvalue weighted by atomic mass is 79.9. The number of nitrogens with zero attached hydrogens (tertiary/aromatic N) is 1. The summed E-state index contributed by atoms with van der Waals surface area (Å²) in [6, 6.07) is 4.63. The van der Waals surface area contributed by atoms with E-state index in [0.717, 1.165) is 17.3 Å². The first-order valence-corrected chi connectivity index (χ1v) is 7.79. The lowest BCUT2D eigenvalue weighted by atomic mass is 9.89. The molecule has 2 amide bonds. The number of urea groups is 1. The summed E-state index contributed by atoms with van der Waals surface area (Å²) < 4.78 is 0.732. The number of hydrogen-bond donors (Lipinski definition) is 2. The quantitative estimate of drug-likeness (QED) is 0.822. The average Bonchev–Trinajstić information content (AvgIpc) is 2.43. The predicted octanol–water partition coefficient (Wildman–Crippen LogP) is 3.96. The molecular weight excluding hydrogens is 360 g/mol. The monoisotopic (exact) mass is 374 g/mol. The van der Waals surface area contributed by atoms with Crippen molar-refractivity contribution in [2.45, 2.75) is 31.7 Å². The van der Waals surface area contributed by atoms with Crippen molar-refractivity contribution in [2.24, 2.45) is 0 Å². The first-order valence-electron chi connectivity index (χ1n) is 6.61. The predicted molar refractivity (Wildman–Crippen MR) is 84.8 cm³/mol. The smallest absolute Gasteiger partial charge is 0.329 e.